The summed E-state index contributed by atoms with van der Waals surface area (Å²) in [6, 6.07) is 1.40. The van der Waals surface area contributed by atoms with Crippen molar-refractivity contribution in [3.05, 3.63) is 23.8 Å². The summed E-state index contributed by atoms with van der Waals surface area (Å²) in [5.74, 6) is -0.352. The summed E-state index contributed by atoms with van der Waals surface area (Å²) in [7, 11) is 0. The summed E-state index contributed by atoms with van der Waals surface area (Å²) in [6.45, 7) is 1.78. The molecule has 0 aliphatic heterocycles. The van der Waals surface area contributed by atoms with Gasteiger partial charge in [-0.1, -0.05) is 12.8 Å². The fourth-order valence-electron chi connectivity index (χ4n) is 2.60. The molecular weight excluding hydrogens is 272 g/mol. The Labute approximate surface area is 123 Å². The monoisotopic (exact) mass is 292 g/mol. The van der Waals surface area contributed by atoms with Crippen LogP contribution in [0.3, 0.4) is 0 Å². The molecule has 0 unspecified atom stereocenters. The number of hydrogen-bond acceptors (Lipinski definition) is 4. The summed E-state index contributed by atoms with van der Waals surface area (Å²) >= 11 is 0. The lowest BCUT2D eigenvalue weighted by atomic mass is 10.2. The van der Waals surface area contributed by atoms with Gasteiger partial charge in [0, 0.05) is 12.2 Å². The topological polar surface area (TPSA) is 95.4 Å². The molecule has 7 nitrogen and oxygen atoms in total. The average Bonchev–Trinajstić information content (AvgIpc) is 2.96. The zero-order valence-corrected chi connectivity index (χ0v) is 12.1. The van der Waals surface area contributed by atoms with Gasteiger partial charge in [0.25, 0.3) is 0 Å². The van der Waals surface area contributed by atoms with Crippen molar-refractivity contribution in [1.82, 2.24) is 20.2 Å². The highest BCUT2D eigenvalue weighted by Crippen LogP contribution is 2.23. The molecule has 0 bridgehead atoms. The van der Waals surface area contributed by atoms with Crippen LogP contribution >= 0.6 is 0 Å². The third-order valence-corrected chi connectivity index (χ3v) is 3.59. The van der Waals surface area contributed by atoms with Gasteiger partial charge in [-0.3, -0.25) is 4.79 Å². The van der Waals surface area contributed by atoms with Crippen molar-refractivity contribution in [2.75, 3.05) is 6.54 Å². The number of nitrogens with zero attached hydrogens (tertiary/aromatic N) is 3. The van der Waals surface area contributed by atoms with E-state index < -0.39 is 5.97 Å². The summed E-state index contributed by atoms with van der Waals surface area (Å²) < 4.78 is 0. The van der Waals surface area contributed by atoms with Gasteiger partial charge in [0.15, 0.2) is 0 Å². The van der Waals surface area contributed by atoms with Gasteiger partial charge in [0.1, 0.15) is 12.4 Å². The standard InChI is InChI=1S/C14H20N4O3/c1-10-15-7-6-11(17-10)8-16-14(21)18(9-13(19)20)12-4-2-3-5-12/h6-7,12H,2-5,8-9H2,1H3,(H,16,21)(H,19,20). The highest BCUT2D eigenvalue weighted by Gasteiger charge is 2.28. The van der Waals surface area contributed by atoms with Gasteiger partial charge in [0.2, 0.25) is 0 Å². The second-order valence-corrected chi connectivity index (χ2v) is 5.21. The van der Waals surface area contributed by atoms with Gasteiger partial charge >= 0.3 is 12.0 Å². The van der Waals surface area contributed by atoms with Crippen molar-refractivity contribution < 1.29 is 14.7 Å². The van der Waals surface area contributed by atoms with Crippen LogP contribution in [0.15, 0.2) is 12.3 Å². The zero-order valence-electron chi connectivity index (χ0n) is 12.1. The Morgan fingerprint density at radius 3 is 2.76 bits per heavy atom. The predicted octanol–water partition coefficient (Wildman–Crippen LogP) is 1.32. The number of carboxylic acids is 1. The number of aliphatic carboxylic acids is 1. The first-order valence-corrected chi connectivity index (χ1v) is 7.11. The maximum absolute atomic E-state index is 12.2. The van der Waals surface area contributed by atoms with Crippen LogP contribution in [0, 0.1) is 6.92 Å². The molecule has 114 valence electrons. The average molecular weight is 292 g/mol. The van der Waals surface area contributed by atoms with Gasteiger partial charge in [-0.15, -0.1) is 0 Å². The molecule has 1 aliphatic rings. The predicted molar refractivity (Wildman–Crippen MR) is 75.6 cm³/mol. The summed E-state index contributed by atoms with van der Waals surface area (Å²) in [5.41, 5.74) is 0.706. The molecule has 2 N–H and O–H groups in total. The van der Waals surface area contributed by atoms with E-state index in [2.05, 4.69) is 15.3 Å². The van der Waals surface area contributed by atoms with E-state index in [4.69, 9.17) is 5.11 Å². The van der Waals surface area contributed by atoms with E-state index in [1.54, 1.807) is 19.2 Å². The number of aryl methyl sites for hydroxylation is 1. The lowest BCUT2D eigenvalue weighted by molar-refractivity contribution is -0.138. The number of rotatable bonds is 5. The minimum atomic E-state index is -0.991. The highest BCUT2D eigenvalue weighted by atomic mass is 16.4. The number of aromatic nitrogens is 2. The van der Waals surface area contributed by atoms with E-state index >= 15 is 0 Å². The second-order valence-electron chi connectivity index (χ2n) is 5.21. The van der Waals surface area contributed by atoms with E-state index in [-0.39, 0.29) is 25.2 Å². The Kier molecular flexibility index (Phi) is 5.08. The number of carboxylic acid groups (broad SMARTS) is 1. The maximum atomic E-state index is 12.2. The number of carbonyl (C=O) groups excluding carboxylic acids is 1. The molecule has 1 aromatic heterocycles. The second kappa shape index (κ2) is 7.01. The van der Waals surface area contributed by atoms with Crippen molar-refractivity contribution in [2.45, 2.75) is 45.2 Å². The van der Waals surface area contributed by atoms with Crippen LogP contribution in [0.4, 0.5) is 4.79 Å². The highest BCUT2D eigenvalue weighted by molar-refractivity contribution is 5.80. The summed E-state index contributed by atoms with van der Waals surface area (Å²) in [6.07, 6.45) is 5.45. The normalized spacial score (nSPS) is 14.9. The summed E-state index contributed by atoms with van der Waals surface area (Å²) in [4.78, 5) is 32.8. The van der Waals surface area contributed by atoms with Gasteiger partial charge in [-0.05, 0) is 25.8 Å². The quantitative estimate of drug-likeness (QED) is 0.853. The van der Waals surface area contributed by atoms with Gasteiger partial charge in [-0.25, -0.2) is 14.8 Å². The van der Waals surface area contributed by atoms with Crippen LogP contribution in [-0.4, -0.2) is 44.6 Å². The molecule has 0 saturated heterocycles. The number of carbonyl (C=O) groups is 2. The third kappa shape index (κ3) is 4.40. The molecule has 1 fully saturated rings. The van der Waals surface area contributed by atoms with Crippen molar-refractivity contribution in [1.29, 1.82) is 0 Å². The Balaban J connectivity index is 1.95. The van der Waals surface area contributed by atoms with Crippen LogP contribution in [-0.2, 0) is 11.3 Å². The molecule has 0 radical (unpaired) electrons. The van der Waals surface area contributed by atoms with E-state index in [0.717, 1.165) is 25.7 Å². The fraction of sp³-hybridized carbons (Fsp3) is 0.571. The van der Waals surface area contributed by atoms with E-state index in [1.165, 1.54) is 4.90 Å². The zero-order chi connectivity index (χ0) is 15.2. The third-order valence-electron chi connectivity index (χ3n) is 3.59. The Bertz CT molecular complexity index is 515. The van der Waals surface area contributed by atoms with E-state index in [9.17, 15) is 9.59 Å². The molecule has 0 spiro atoms. The molecule has 0 aromatic carbocycles. The smallest absolute Gasteiger partial charge is 0.323 e. The van der Waals surface area contributed by atoms with Crippen molar-refractivity contribution in [3.8, 4) is 0 Å². The molecule has 1 heterocycles. The SMILES string of the molecule is Cc1nccc(CNC(=O)N(CC(=O)O)C2CCCC2)n1. The maximum Gasteiger partial charge on any atom is 0.323 e. The molecule has 2 rings (SSSR count). The molecule has 2 amide bonds. The van der Waals surface area contributed by atoms with Crippen LogP contribution in [0.2, 0.25) is 0 Å². The molecule has 1 aliphatic carbocycles. The number of urea groups is 1. The van der Waals surface area contributed by atoms with Crippen LogP contribution in [0.1, 0.15) is 37.2 Å². The van der Waals surface area contributed by atoms with E-state index in [1.807, 2.05) is 0 Å². The van der Waals surface area contributed by atoms with Gasteiger partial charge in [0.05, 0.1) is 12.2 Å². The fourth-order valence-corrected chi connectivity index (χ4v) is 2.60. The Morgan fingerprint density at radius 1 is 1.43 bits per heavy atom. The first-order chi connectivity index (χ1) is 10.1. The number of hydrogen-bond donors (Lipinski definition) is 2. The lowest BCUT2D eigenvalue weighted by Gasteiger charge is -2.27. The molecule has 7 heteroatoms. The Hall–Kier alpha value is -2.18. The molecular formula is C14H20N4O3. The Morgan fingerprint density at radius 2 is 2.14 bits per heavy atom. The molecule has 1 saturated carbocycles. The van der Waals surface area contributed by atoms with Crippen LogP contribution in [0.25, 0.3) is 0 Å². The van der Waals surface area contributed by atoms with Gasteiger partial charge < -0.3 is 15.3 Å². The number of amides is 2. The van der Waals surface area contributed by atoms with Crippen molar-refractivity contribution >= 4 is 12.0 Å². The lowest BCUT2D eigenvalue weighted by Crippen LogP contribution is -2.47. The molecule has 1 aromatic rings. The largest absolute Gasteiger partial charge is 0.480 e. The minimum Gasteiger partial charge on any atom is -0.480 e. The van der Waals surface area contributed by atoms with Crippen LogP contribution in [0.5, 0.6) is 0 Å². The molecule has 21 heavy (non-hydrogen) atoms. The van der Waals surface area contributed by atoms with Crippen LogP contribution < -0.4 is 5.32 Å². The number of nitrogens with one attached hydrogen (secondary N) is 1. The first kappa shape index (κ1) is 15.2. The first-order valence-electron chi connectivity index (χ1n) is 7.11. The van der Waals surface area contributed by atoms with Crippen molar-refractivity contribution in [2.24, 2.45) is 0 Å². The summed E-state index contributed by atoms with van der Waals surface area (Å²) in [5, 5.41) is 11.7. The van der Waals surface area contributed by atoms with E-state index in [0.29, 0.717) is 11.5 Å². The van der Waals surface area contributed by atoms with Gasteiger partial charge in [-0.2, -0.15) is 0 Å². The molecule has 0 atom stereocenters. The minimum absolute atomic E-state index is 0.0215. The van der Waals surface area contributed by atoms with Crippen molar-refractivity contribution in [3.63, 3.8) is 0 Å².